The van der Waals surface area contributed by atoms with Gasteiger partial charge in [-0.2, -0.15) is 5.10 Å². The van der Waals surface area contributed by atoms with E-state index in [4.69, 9.17) is 4.74 Å². The first-order chi connectivity index (χ1) is 12.7. The van der Waals surface area contributed by atoms with Gasteiger partial charge in [0.25, 0.3) is 0 Å². The van der Waals surface area contributed by atoms with Crippen molar-refractivity contribution in [2.24, 2.45) is 0 Å². The molecule has 3 aromatic rings. The molecule has 6 nitrogen and oxygen atoms in total. The zero-order valence-electron chi connectivity index (χ0n) is 14.7. The molecule has 1 amide bonds. The van der Waals surface area contributed by atoms with E-state index in [1.807, 2.05) is 36.1 Å². The van der Waals surface area contributed by atoms with Crippen molar-refractivity contribution in [1.29, 1.82) is 0 Å². The topological polar surface area (TPSA) is 60.2 Å². The summed E-state index contributed by atoms with van der Waals surface area (Å²) in [5.74, 6) is 0.0601. The first-order valence-electron chi connectivity index (χ1n) is 8.95. The monoisotopic (exact) mass is 348 g/mol. The minimum atomic E-state index is -0.341. The third-order valence-corrected chi connectivity index (χ3v) is 5.57. The molecule has 0 saturated carbocycles. The lowest BCUT2D eigenvalue weighted by molar-refractivity contribution is -0.132. The molecule has 6 heteroatoms. The Hall–Kier alpha value is -2.73. The van der Waals surface area contributed by atoms with Gasteiger partial charge < -0.3 is 9.64 Å². The molecule has 0 bridgehead atoms. The number of nitrogens with zero attached hydrogens (tertiary/aromatic N) is 4. The van der Waals surface area contributed by atoms with E-state index in [-0.39, 0.29) is 18.1 Å². The van der Waals surface area contributed by atoms with E-state index in [9.17, 15) is 4.79 Å². The highest BCUT2D eigenvalue weighted by Crippen LogP contribution is 2.43. The summed E-state index contributed by atoms with van der Waals surface area (Å²) in [5.41, 5.74) is 3.78. The predicted molar refractivity (Wildman–Crippen MR) is 96.4 cm³/mol. The van der Waals surface area contributed by atoms with Crippen LogP contribution in [0.1, 0.15) is 23.2 Å². The van der Waals surface area contributed by atoms with Crippen LogP contribution >= 0.6 is 0 Å². The van der Waals surface area contributed by atoms with Crippen molar-refractivity contribution in [3.63, 3.8) is 0 Å². The highest BCUT2D eigenvalue weighted by Gasteiger charge is 2.46. The van der Waals surface area contributed by atoms with Crippen LogP contribution in [0.2, 0.25) is 0 Å². The Labute approximate surface area is 151 Å². The highest BCUT2D eigenvalue weighted by atomic mass is 16.5. The summed E-state index contributed by atoms with van der Waals surface area (Å²) < 4.78 is 7.86. The number of rotatable bonds is 2. The molecule has 1 atom stereocenters. The fourth-order valence-electron chi connectivity index (χ4n) is 4.22. The number of aryl methyl sites for hydroxylation is 1. The Morgan fingerprint density at radius 3 is 3.08 bits per heavy atom. The molecule has 132 valence electrons. The van der Waals surface area contributed by atoms with Crippen molar-refractivity contribution in [2.45, 2.75) is 32.1 Å². The fourth-order valence-corrected chi connectivity index (χ4v) is 4.22. The molecule has 1 saturated heterocycles. The Morgan fingerprint density at radius 1 is 1.27 bits per heavy atom. The molecule has 5 rings (SSSR count). The standard InChI is InChI=1S/C20H20N4O2/c1-14-16-6-4-9-21-19(16)24(22-14)11-18(25)23-10-8-20(13-23)17-7-3-2-5-15(17)12-26-20/h2-7,9H,8,10-13H2,1H3. The lowest BCUT2D eigenvalue weighted by Crippen LogP contribution is -2.36. The SMILES string of the molecule is Cc1nn(CC(=O)N2CCC3(C2)OCc2ccccc23)c2ncccc12. The summed E-state index contributed by atoms with van der Waals surface area (Å²) in [6.45, 7) is 4.09. The van der Waals surface area contributed by atoms with E-state index in [2.05, 4.69) is 22.2 Å². The summed E-state index contributed by atoms with van der Waals surface area (Å²) in [6, 6.07) is 12.2. The van der Waals surface area contributed by atoms with Gasteiger partial charge >= 0.3 is 0 Å². The maximum atomic E-state index is 12.9. The summed E-state index contributed by atoms with van der Waals surface area (Å²) in [5, 5.41) is 5.49. The Balaban J connectivity index is 1.38. The fraction of sp³-hybridized carbons (Fsp3) is 0.350. The van der Waals surface area contributed by atoms with Gasteiger partial charge in [0.1, 0.15) is 12.1 Å². The average molecular weight is 348 g/mol. The van der Waals surface area contributed by atoms with Crippen molar-refractivity contribution < 1.29 is 9.53 Å². The highest BCUT2D eigenvalue weighted by molar-refractivity contribution is 5.81. The molecule has 2 aromatic heterocycles. The Morgan fingerprint density at radius 2 is 2.15 bits per heavy atom. The van der Waals surface area contributed by atoms with Crippen LogP contribution in [-0.4, -0.2) is 38.7 Å². The second-order valence-electron chi connectivity index (χ2n) is 7.12. The molecule has 0 N–H and O–H groups in total. The van der Waals surface area contributed by atoms with E-state index in [0.29, 0.717) is 19.7 Å². The van der Waals surface area contributed by atoms with Gasteiger partial charge in [-0.05, 0) is 36.6 Å². The summed E-state index contributed by atoms with van der Waals surface area (Å²) >= 11 is 0. The number of benzene rings is 1. The Bertz CT molecular complexity index is 1010. The lowest BCUT2D eigenvalue weighted by Gasteiger charge is -2.24. The van der Waals surface area contributed by atoms with Crippen molar-refractivity contribution in [3.05, 3.63) is 59.4 Å². The molecule has 0 radical (unpaired) electrons. The minimum absolute atomic E-state index is 0.0601. The third-order valence-electron chi connectivity index (χ3n) is 5.57. The molecular weight excluding hydrogens is 328 g/mol. The van der Waals surface area contributed by atoms with Gasteiger partial charge in [-0.1, -0.05) is 24.3 Å². The van der Waals surface area contributed by atoms with Gasteiger partial charge in [-0.25, -0.2) is 9.67 Å². The molecule has 2 aliphatic heterocycles. The third kappa shape index (κ3) is 2.25. The largest absolute Gasteiger partial charge is 0.364 e. The van der Waals surface area contributed by atoms with Crippen LogP contribution in [0.15, 0.2) is 42.6 Å². The maximum absolute atomic E-state index is 12.9. The smallest absolute Gasteiger partial charge is 0.244 e. The molecule has 0 aliphatic carbocycles. The number of hydrogen-bond donors (Lipinski definition) is 0. The number of hydrogen-bond acceptors (Lipinski definition) is 4. The van der Waals surface area contributed by atoms with Crippen LogP contribution in [-0.2, 0) is 28.3 Å². The second-order valence-corrected chi connectivity index (χ2v) is 7.12. The zero-order valence-corrected chi connectivity index (χ0v) is 14.7. The van der Waals surface area contributed by atoms with Crippen molar-refractivity contribution >= 4 is 16.9 Å². The Kier molecular flexibility index (Phi) is 3.37. The molecular formula is C20H20N4O2. The average Bonchev–Trinajstić information content (AvgIpc) is 3.35. The van der Waals surface area contributed by atoms with E-state index < -0.39 is 0 Å². The van der Waals surface area contributed by atoms with Crippen LogP contribution < -0.4 is 0 Å². The molecule has 26 heavy (non-hydrogen) atoms. The minimum Gasteiger partial charge on any atom is -0.364 e. The lowest BCUT2D eigenvalue weighted by atomic mass is 9.92. The van der Waals surface area contributed by atoms with E-state index >= 15 is 0 Å². The summed E-state index contributed by atoms with van der Waals surface area (Å²) in [7, 11) is 0. The van der Waals surface area contributed by atoms with Crippen molar-refractivity contribution in [3.8, 4) is 0 Å². The van der Waals surface area contributed by atoms with Crippen LogP contribution in [0, 0.1) is 6.92 Å². The second kappa shape index (κ2) is 5.64. The van der Waals surface area contributed by atoms with E-state index in [0.717, 1.165) is 23.1 Å². The van der Waals surface area contributed by atoms with E-state index in [1.165, 1.54) is 11.1 Å². The number of fused-ring (bicyclic) bond motifs is 3. The maximum Gasteiger partial charge on any atom is 0.244 e. The van der Waals surface area contributed by atoms with Gasteiger partial charge in [0.05, 0.1) is 18.8 Å². The predicted octanol–water partition coefficient (Wildman–Crippen LogP) is 2.40. The molecule has 2 aliphatic rings. The molecule has 4 heterocycles. The summed E-state index contributed by atoms with van der Waals surface area (Å²) in [6.07, 6.45) is 2.57. The van der Waals surface area contributed by atoms with Crippen LogP contribution in [0.3, 0.4) is 0 Å². The van der Waals surface area contributed by atoms with E-state index in [1.54, 1.807) is 10.9 Å². The first kappa shape index (κ1) is 15.5. The quantitative estimate of drug-likeness (QED) is 0.713. The van der Waals surface area contributed by atoms with Crippen LogP contribution in [0.5, 0.6) is 0 Å². The number of ether oxygens (including phenoxy) is 1. The first-order valence-corrected chi connectivity index (χ1v) is 8.95. The number of carbonyl (C=O) groups excluding carboxylic acids is 1. The van der Waals surface area contributed by atoms with Crippen LogP contribution in [0.25, 0.3) is 11.0 Å². The van der Waals surface area contributed by atoms with Crippen molar-refractivity contribution in [2.75, 3.05) is 13.1 Å². The van der Waals surface area contributed by atoms with Gasteiger partial charge in [0.15, 0.2) is 5.65 Å². The van der Waals surface area contributed by atoms with Crippen LogP contribution in [0.4, 0.5) is 0 Å². The molecule has 1 aromatic carbocycles. The number of carbonyl (C=O) groups is 1. The molecule has 1 unspecified atom stereocenters. The van der Waals surface area contributed by atoms with Gasteiger partial charge in [0.2, 0.25) is 5.91 Å². The van der Waals surface area contributed by atoms with Crippen molar-refractivity contribution in [1.82, 2.24) is 19.7 Å². The molecule has 1 fully saturated rings. The zero-order chi connectivity index (χ0) is 17.7. The van der Waals surface area contributed by atoms with Gasteiger partial charge in [-0.3, -0.25) is 4.79 Å². The number of pyridine rings is 1. The number of aromatic nitrogens is 3. The normalized spacial score (nSPS) is 21.7. The van der Waals surface area contributed by atoms with Gasteiger partial charge in [-0.15, -0.1) is 0 Å². The number of amides is 1. The van der Waals surface area contributed by atoms with Gasteiger partial charge in [0, 0.05) is 18.1 Å². The number of likely N-dealkylation sites (tertiary alicyclic amines) is 1. The summed E-state index contributed by atoms with van der Waals surface area (Å²) in [4.78, 5) is 19.2. The molecule has 1 spiro atoms.